The highest BCUT2D eigenvalue weighted by atomic mass is 32.1. The molecule has 20 heavy (non-hydrogen) atoms. The maximum atomic E-state index is 12.7. The molecule has 0 bridgehead atoms. The summed E-state index contributed by atoms with van der Waals surface area (Å²) >= 11 is 1.76. The second-order valence-corrected chi connectivity index (χ2v) is 7.55. The molecule has 2 fully saturated rings. The van der Waals surface area contributed by atoms with Gasteiger partial charge in [-0.1, -0.05) is 0 Å². The standard InChI is InChI=1S/C16H22N2OS/c19-16(15-9-11-3-1-2-4-14(11)20-15)18-8-6-13-12(10-18)5-7-17-13/h9,12-13,17H,1-8,10H2. The Kier molecular flexibility index (Phi) is 3.31. The van der Waals surface area contributed by atoms with Gasteiger partial charge in [0, 0.05) is 24.0 Å². The predicted octanol–water partition coefficient (Wildman–Crippen LogP) is 2.45. The highest BCUT2D eigenvalue weighted by molar-refractivity contribution is 7.14. The summed E-state index contributed by atoms with van der Waals surface area (Å²) in [6.45, 7) is 3.01. The SMILES string of the molecule is O=C(c1cc2c(s1)CCCC2)N1CCC2NCCC2C1. The first-order valence-electron chi connectivity index (χ1n) is 7.95. The molecule has 1 aliphatic carbocycles. The van der Waals surface area contributed by atoms with E-state index >= 15 is 0 Å². The van der Waals surface area contributed by atoms with Gasteiger partial charge in [-0.05, 0) is 62.6 Å². The number of carbonyl (C=O) groups is 1. The number of thiophene rings is 1. The van der Waals surface area contributed by atoms with Crippen LogP contribution >= 0.6 is 11.3 Å². The fourth-order valence-electron chi connectivity index (χ4n) is 3.98. The monoisotopic (exact) mass is 290 g/mol. The van der Waals surface area contributed by atoms with Gasteiger partial charge < -0.3 is 10.2 Å². The van der Waals surface area contributed by atoms with Gasteiger partial charge >= 0.3 is 0 Å². The summed E-state index contributed by atoms with van der Waals surface area (Å²) in [5, 5.41) is 3.56. The first-order chi connectivity index (χ1) is 9.81. The van der Waals surface area contributed by atoms with Crippen LogP contribution in [-0.4, -0.2) is 36.5 Å². The maximum Gasteiger partial charge on any atom is 0.263 e. The number of piperidine rings is 1. The van der Waals surface area contributed by atoms with Gasteiger partial charge in [-0.15, -0.1) is 11.3 Å². The van der Waals surface area contributed by atoms with E-state index in [4.69, 9.17) is 0 Å². The molecule has 108 valence electrons. The number of hydrogen-bond acceptors (Lipinski definition) is 3. The second-order valence-electron chi connectivity index (χ2n) is 6.42. The minimum Gasteiger partial charge on any atom is -0.338 e. The van der Waals surface area contributed by atoms with Crippen LogP contribution in [0.15, 0.2) is 6.07 Å². The van der Waals surface area contributed by atoms with Crippen molar-refractivity contribution < 1.29 is 4.79 Å². The highest BCUT2D eigenvalue weighted by Crippen LogP contribution is 2.32. The Morgan fingerprint density at radius 3 is 3.10 bits per heavy atom. The van der Waals surface area contributed by atoms with Crippen molar-refractivity contribution in [2.45, 2.75) is 44.6 Å². The Morgan fingerprint density at radius 2 is 2.20 bits per heavy atom. The molecule has 2 aliphatic heterocycles. The number of aryl methyl sites for hydroxylation is 2. The molecule has 2 unspecified atom stereocenters. The zero-order chi connectivity index (χ0) is 13.5. The van der Waals surface area contributed by atoms with E-state index in [0.717, 1.165) is 30.9 Å². The number of hydrogen-bond donors (Lipinski definition) is 1. The second kappa shape index (κ2) is 5.15. The molecule has 3 nitrogen and oxygen atoms in total. The van der Waals surface area contributed by atoms with Gasteiger partial charge in [-0.25, -0.2) is 0 Å². The largest absolute Gasteiger partial charge is 0.338 e. The van der Waals surface area contributed by atoms with Gasteiger partial charge in [0.1, 0.15) is 0 Å². The van der Waals surface area contributed by atoms with E-state index in [-0.39, 0.29) is 5.91 Å². The van der Waals surface area contributed by atoms with Gasteiger partial charge in [0.2, 0.25) is 0 Å². The van der Waals surface area contributed by atoms with Crippen LogP contribution < -0.4 is 5.32 Å². The van der Waals surface area contributed by atoms with Crippen molar-refractivity contribution in [3.63, 3.8) is 0 Å². The number of rotatable bonds is 1. The first-order valence-corrected chi connectivity index (χ1v) is 8.77. The third-order valence-corrected chi connectivity index (χ3v) is 6.38. The minimum atomic E-state index is 0.287. The molecule has 3 heterocycles. The molecule has 1 amide bonds. The van der Waals surface area contributed by atoms with Crippen LogP contribution in [0.5, 0.6) is 0 Å². The molecular formula is C16H22N2OS. The molecule has 0 radical (unpaired) electrons. The van der Waals surface area contributed by atoms with Crippen molar-refractivity contribution >= 4 is 17.2 Å². The molecule has 1 aromatic heterocycles. The topological polar surface area (TPSA) is 32.3 Å². The molecule has 1 N–H and O–H groups in total. The lowest BCUT2D eigenvalue weighted by molar-refractivity contribution is 0.0667. The summed E-state index contributed by atoms with van der Waals surface area (Å²) in [5.74, 6) is 0.969. The average molecular weight is 290 g/mol. The van der Waals surface area contributed by atoms with Crippen molar-refractivity contribution in [3.8, 4) is 0 Å². The van der Waals surface area contributed by atoms with Crippen LogP contribution in [0.2, 0.25) is 0 Å². The number of nitrogens with one attached hydrogen (secondary N) is 1. The Morgan fingerprint density at radius 1 is 1.30 bits per heavy atom. The molecule has 2 atom stereocenters. The predicted molar refractivity (Wildman–Crippen MR) is 81.4 cm³/mol. The maximum absolute atomic E-state index is 12.7. The van der Waals surface area contributed by atoms with Gasteiger partial charge in [-0.3, -0.25) is 4.79 Å². The highest BCUT2D eigenvalue weighted by Gasteiger charge is 2.35. The molecule has 3 aliphatic rings. The van der Waals surface area contributed by atoms with Crippen LogP contribution in [0.4, 0.5) is 0 Å². The molecular weight excluding hydrogens is 268 g/mol. The van der Waals surface area contributed by atoms with Crippen molar-refractivity contribution in [3.05, 3.63) is 21.4 Å². The van der Waals surface area contributed by atoms with E-state index in [0.29, 0.717) is 12.0 Å². The lowest BCUT2D eigenvalue weighted by Crippen LogP contribution is -2.46. The average Bonchev–Trinajstić information content (AvgIpc) is 3.11. The smallest absolute Gasteiger partial charge is 0.263 e. The van der Waals surface area contributed by atoms with Crippen molar-refractivity contribution in [2.24, 2.45) is 5.92 Å². The van der Waals surface area contributed by atoms with Gasteiger partial charge in [0.05, 0.1) is 4.88 Å². The Bertz CT molecular complexity index is 501. The fraction of sp³-hybridized carbons (Fsp3) is 0.688. The zero-order valence-corrected chi connectivity index (χ0v) is 12.7. The van der Waals surface area contributed by atoms with E-state index < -0.39 is 0 Å². The summed E-state index contributed by atoms with van der Waals surface area (Å²) in [7, 11) is 0. The number of fused-ring (bicyclic) bond motifs is 2. The van der Waals surface area contributed by atoms with Gasteiger partial charge in [0.15, 0.2) is 0 Å². The number of likely N-dealkylation sites (tertiary alicyclic amines) is 1. The Labute approximate surface area is 124 Å². The van der Waals surface area contributed by atoms with Crippen LogP contribution in [0.3, 0.4) is 0 Å². The molecule has 1 aromatic rings. The van der Waals surface area contributed by atoms with E-state index in [1.165, 1.54) is 42.5 Å². The molecule has 2 saturated heterocycles. The quantitative estimate of drug-likeness (QED) is 0.861. The van der Waals surface area contributed by atoms with E-state index in [1.54, 1.807) is 11.3 Å². The number of nitrogens with zero attached hydrogens (tertiary/aromatic N) is 1. The fourth-order valence-corrected chi connectivity index (χ4v) is 5.21. The summed E-state index contributed by atoms with van der Waals surface area (Å²) in [6, 6.07) is 2.84. The Hall–Kier alpha value is -0.870. The van der Waals surface area contributed by atoms with Crippen molar-refractivity contribution in [1.29, 1.82) is 0 Å². The molecule has 4 heteroatoms. The van der Waals surface area contributed by atoms with Crippen molar-refractivity contribution in [1.82, 2.24) is 10.2 Å². The summed E-state index contributed by atoms with van der Waals surface area (Å²) < 4.78 is 0. The van der Waals surface area contributed by atoms with Gasteiger partial charge in [-0.2, -0.15) is 0 Å². The van der Waals surface area contributed by atoms with E-state index in [2.05, 4.69) is 16.3 Å². The third kappa shape index (κ3) is 2.19. The molecule has 0 aromatic carbocycles. The van der Waals surface area contributed by atoms with Crippen LogP contribution in [0.1, 0.15) is 45.8 Å². The lowest BCUT2D eigenvalue weighted by atomic mass is 9.93. The number of carbonyl (C=O) groups excluding carboxylic acids is 1. The minimum absolute atomic E-state index is 0.287. The summed E-state index contributed by atoms with van der Waals surface area (Å²) in [5.41, 5.74) is 1.45. The van der Waals surface area contributed by atoms with Crippen LogP contribution in [0, 0.1) is 5.92 Å². The van der Waals surface area contributed by atoms with E-state index in [9.17, 15) is 4.79 Å². The van der Waals surface area contributed by atoms with Crippen LogP contribution in [-0.2, 0) is 12.8 Å². The molecule has 4 rings (SSSR count). The number of amides is 1. The van der Waals surface area contributed by atoms with Crippen LogP contribution in [0.25, 0.3) is 0 Å². The third-order valence-electron chi connectivity index (χ3n) is 5.15. The molecule has 0 spiro atoms. The van der Waals surface area contributed by atoms with E-state index in [1.807, 2.05) is 0 Å². The summed E-state index contributed by atoms with van der Waals surface area (Å²) in [4.78, 5) is 17.3. The van der Waals surface area contributed by atoms with Gasteiger partial charge in [0.25, 0.3) is 5.91 Å². The van der Waals surface area contributed by atoms with Crippen molar-refractivity contribution in [2.75, 3.05) is 19.6 Å². The summed E-state index contributed by atoms with van der Waals surface area (Å²) in [6.07, 6.45) is 7.29. The molecule has 0 saturated carbocycles. The normalized spacial score (nSPS) is 29.1. The lowest BCUT2D eigenvalue weighted by Gasteiger charge is -2.34. The first kappa shape index (κ1) is 12.8. The zero-order valence-electron chi connectivity index (χ0n) is 11.9. The Balaban J connectivity index is 1.50.